The fourth-order valence-electron chi connectivity index (χ4n) is 1.05. The molecule has 0 spiro atoms. The van der Waals surface area contributed by atoms with E-state index in [1.807, 2.05) is 6.92 Å². The maximum atomic E-state index is 4.88. The van der Waals surface area contributed by atoms with Crippen LogP contribution in [-0.4, -0.2) is 23.1 Å². The van der Waals surface area contributed by atoms with Crippen molar-refractivity contribution in [3.63, 3.8) is 0 Å². The van der Waals surface area contributed by atoms with Crippen LogP contribution in [0, 0.1) is 0 Å². The van der Waals surface area contributed by atoms with Gasteiger partial charge in [-0.3, -0.25) is 0 Å². The Hall–Kier alpha value is 0.140. The molecule has 0 bridgehead atoms. The quantitative estimate of drug-likeness (QED) is 0.614. The lowest BCUT2D eigenvalue weighted by atomic mass is 10.4. The predicted molar refractivity (Wildman–Crippen MR) is 49.5 cm³/mol. The van der Waals surface area contributed by atoms with Gasteiger partial charge in [-0.15, -0.1) is 12.4 Å². The molecule has 1 fully saturated rings. The van der Waals surface area contributed by atoms with E-state index in [1.54, 1.807) is 0 Å². The molecule has 1 N–H and O–H groups in total. The Balaban J connectivity index is 0.000000810. The molecule has 60 valence electrons. The smallest absolute Gasteiger partial charge is 0.0865 e. The molecule has 1 heterocycles. The lowest BCUT2D eigenvalue weighted by Gasteiger charge is -2.15. The third-order valence-electron chi connectivity index (χ3n) is 1.42. The number of thiocarbonyl (C=S) groups is 1. The van der Waals surface area contributed by atoms with Crippen LogP contribution in [0.5, 0.6) is 0 Å². The van der Waals surface area contributed by atoms with Crippen molar-refractivity contribution >= 4 is 29.6 Å². The summed E-state index contributed by atoms with van der Waals surface area (Å²) in [5, 5.41) is 2.17. The van der Waals surface area contributed by atoms with Crippen LogP contribution in [-0.2, 0) is 0 Å². The molecule has 1 saturated heterocycles. The molecular formula is C6H13ClN2S. The van der Waals surface area contributed by atoms with Crippen molar-refractivity contribution in [2.45, 2.75) is 19.8 Å². The monoisotopic (exact) mass is 180 g/mol. The molecular weight excluding hydrogens is 168 g/mol. The molecule has 0 aromatic heterocycles. The second-order valence-electron chi connectivity index (χ2n) is 2.36. The fraction of sp³-hybridized carbons (Fsp3) is 0.833. The molecule has 0 atom stereocenters. The van der Waals surface area contributed by atoms with Gasteiger partial charge in [0.25, 0.3) is 0 Å². The van der Waals surface area contributed by atoms with E-state index >= 15 is 0 Å². The average molecular weight is 181 g/mol. The van der Waals surface area contributed by atoms with Gasteiger partial charge in [-0.2, -0.15) is 0 Å². The van der Waals surface area contributed by atoms with Crippen LogP contribution >= 0.6 is 24.6 Å². The summed E-state index contributed by atoms with van der Waals surface area (Å²) in [7, 11) is 0. The van der Waals surface area contributed by atoms with E-state index in [1.165, 1.54) is 12.8 Å². The highest BCUT2D eigenvalue weighted by Crippen LogP contribution is 2.03. The Labute approximate surface area is 73.3 Å². The summed E-state index contributed by atoms with van der Waals surface area (Å²) >= 11 is 4.88. The zero-order valence-electron chi connectivity index (χ0n) is 6.09. The zero-order chi connectivity index (χ0) is 6.69. The van der Waals surface area contributed by atoms with Gasteiger partial charge in [0.2, 0.25) is 0 Å². The van der Waals surface area contributed by atoms with Gasteiger partial charge in [-0.1, -0.05) is 12.2 Å². The average Bonchev–Trinajstić information content (AvgIpc) is 2.15. The molecule has 4 heteroatoms. The Morgan fingerprint density at radius 1 is 1.40 bits per heavy atom. The van der Waals surface area contributed by atoms with Gasteiger partial charge in [-0.05, 0) is 19.8 Å². The summed E-state index contributed by atoms with van der Waals surface area (Å²) in [6, 6.07) is 0. The maximum Gasteiger partial charge on any atom is 0.0865 e. The van der Waals surface area contributed by atoms with E-state index in [0.29, 0.717) is 0 Å². The number of hydrogen-bond acceptors (Lipinski definition) is 2. The van der Waals surface area contributed by atoms with Crippen molar-refractivity contribution in [1.29, 1.82) is 0 Å². The molecule has 0 aromatic rings. The molecule has 2 nitrogen and oxygen atoms in total. The van der Waals surface area contributed by atoms with E-state index in [2.05, 4.69) is 10.4 Å². The topological polar surface area (TPSA) is 15.3 Å². The van der Waals surface area contributed by atoms with E-state index in [4.69, 9.17) is 12.2 Å². The first kappa shape index (κ1) is 10.1. The highest BCUT2D eigenvalue weighted by Gasteiger charge is 2.09. The van der Waals surface area contributed by atoms with E-state index < -0.39 is 0 Å². The largest absolute Gasteiger partial charge is 0.313 e. The van der Waals surface area contributed by atoms with Crippen molar-refractivity contribution in [3.8, 4) is 0 Å². The molecule has 1 aliphatic rings. The number of rotatable bonds is 1. The first-order chi connectivity index (χ1) is 4.29. The number of hydrazine groups is 1. The standard InChI is InChI=1S/C6H12N2S.ClH/c1-6(9)7-8-4-2-3-5-8;/h2-5H2,1H3,(H,7,9);1H. The minimum absolute atomic E-state index is 0. The van der Waals surface area contributed by atoms with Gasteiger partial charge >= 0.3 is 0 Å². The number of nitrogens with one attached hydrogen (secondary N) is 1. The highest BCUT2D eigenvalue weighted by molar-refractivity contribution is 7.80. The number of hydrogen-bond donors (Lipinski definition) is 1. The molecule has 0 aromatic carbocycles. The third kappa shape index (κ3) is 3.34. The third-order valence-corrected chi connectivity index (χ3v) is 1.51. The van der Waals surface area contributed by atoms with Crippen molar-refractivity contribution in [2.75, 3.05) is 13.1 Å². The van der Waals surface area contributed by atoms with Gasteiger partial charge in [0.1, 0.15) is 0 Å². The van der Waals surface area contributed by atoms with Crippen molar-refractivity contribution < 1.29 is 0 Å². The molecule has 0 saturated carbocycles. The van der Waals surface area contributed by atoms with Gasteiger partial charge in [0, 0.05) is 13.1 Å². The Morgan fingerprint density at radius 3 is 2.30 bits per heavy atom. The zero-order valence-corrected chi connectivity index (χ0v) is 7.73. The van der Waals surface area contributed by atoms with Crippen LogP contribution in [0.1, 0.15) is 19.8 Å². The normalized spacial score (nSPS) is 18.1. The molecule has 0 aliphatic carbocycles. The van der Waals surface area contributed by atoms with Crippen LogP contribution < -0.4 is 5.43 Å². The van der Waals surface area contributed by atoms with Crippen LogP contribution in [0.25, 0.3) is 0 Å². The molecule has 0 amide bonds. The van der Waals surface area contributed by atoms with Crippen LogP contribution in [0.4, 0.5) is 0 Å². The fourth-order valence-corrected chi connectivity index (χ4v) is 1.18. The molecule has 1 rings (SSSR count). The molecule has 1 aliphatic heterocycles. The van der Waals surface area contributed by atoms with Crippen LogP contribution in [0.15, 0.2) is 0 Å². The van der Waals surface area contributed by atoms with E-state index in [0.717, 1.165) is 18.1 Å². The Bertz CT molecular complexity index is 112. The SMILES string of the molecule is CC(=S)NN1CCCC1.Cl. The highest BCUT2D eigenvalue weighted by atomic mass is 35.5. The minimum atomic E-state index is 0. The molecule has 0 radical (unpaired) electrons. The van der Waals surface area contributed by atoms with Crippen molar-refractivity contribution in [2.24, 2.45) is 0 Å². The lowest BCUT2D eigenvalue weighted by Crippen LogP contribution is -2.37. The Kier molecular flexibility index (Phi) is 4.95. The number of nitrogens with zero attached hydrogens (tertiary/aromatic N) is 1. The molecule has 0 unspecified atom stereocenters. The van der Waals surface area contributed by atoms with E-state index in [-0.39, 0.29) is 12.4 Å². The van der Waals surface area contributed by atoms with Gasteiger partial charge in [0.15, 0.2) is 0 Å². The minimum Gasteiger partial charge on any atom is -0.313 e. The maximum absolute atomic E-state index is 4.88. The molecule has 10 heavy (non-hydrogen) atoms. The lowest BCUT2D eigenvalue weighted by molar-refractivity contribution is 0.297. The predicted octanol–water partition coefficient (Wildman–Crippen LogP) is 1.36. The summed E-state index contributed by atoms with van der Waals surface area (Å²) < 4.78 is 0. The van der Waals surface area contributed by atoms with Crippen LogP contribution in [0.2, 0.25) is 0 Å². The van der Waals surface area contributed by atoms with Gasteiger partial charge < -0.3 is 5.43 Å². The van der Waals surface area contributed by atoms with Crippen molar-refractivity contribution in [1.82, 2.24) is 10.4 Å². The van der Waals surface area contributed by atoms with Crippen LogP contribution in [0.3, 0.4) is 0 Å². The van der Waals surface area contributed by atoms with Gasteiger partial charge in [-0.25, -0.2) is 5.01 Å². The van der Waals surface area contributed by atoms with E-state index in [9.17, 15) is 0 Å². The summed E-state index contributed by atoms with van der Waals surface area (Å²) in [4.78, 5) is 0.872. The van der Waals surface area contributed by atoms with Crippen molar-refractivity contribution in [3.05, 3.63) is 0 Å². The second kappa shape index (κ2) is 4.88. The Morgan fingerprint density at radius 2 is 1.90 bits per heavy atom. The summed E-state index contributed by atoms with van der Waals surface area (Å²) in [6.45, 7) is 4.20. The number of halogens is 1. The van der Waals surface area contributed by atoms with Gasteiger partial charge in [0.05, 0.1) is 4.99 Å². The summed E-state index contributed by atoms with van der Waals surface area (Å²) in [6.07, 6.45) is 2.60. The summed E-state index contributed by atoms with van der Waals surface area (Å²) in [5.41, 5.74) is 3.11. The first-order valence-corrected chi connectivity index (χ1v) is 3.72. The first-order valence-electron chi connectivity index (χ1n) is 3.31. The summed E-state index contributed by atoms with van der Waals surface area (Å²) in [5.74, 6) is 0. The second-order valence-corrected chi connectivity index (χ2v) is 2.97.